The van der Waals surface area contributed by atoms with Crippen LogP contribution in [0.2, 0.25) is 0 Å². The predicted molar refractivity (Wildman–Crippen MR) is 62.2 cm³/mol. The molecule has 3 atom stereocenters. The van der Waals surface area contributed by atoms with Gasteiger partial charge in [0.15, 0.2) is 0 Å². The zero-order valence-electron chi connectivity index (χ0n) is 10.3. The van der Waals surface area contributed by atoms with Crippen LogP contribution in [0.3, 0.4) is 0 Å². The quantitative estimate of drug-likeness (QED) is 0.836. The lowest BCUT2D eigenvalue weighted by atomic mass is 10.0. The summed E-state index contributed by atoms with van der Waals surface area (Å²) in [6.07, 6.45) is -4.64. The van der Waals surface area contributed by atoms with Crippen LogP contribution in [0.25, 0.3) is 0 Å². The number of benzene rings is 1. The molecular formula is C13H16F3NO. The zero-order valence-corrected chi connectivity index (χ0v) is 10.3. The molecule has 5 heteroatoms. The van der Waals surface area contributed by atoms with Gasteiger partial charge in [-0.25, -0.2) is 0 Å². The van der Waals surface area contributed by atoms with E-state index in [2.05, 4.69) is 5.32 Å². The number of nitrogens with one attached hydrogen (secondary N) is 1. The summed E-state index contributed by atoms with van der Waals surface area (Å²) < 4.78 is 43.6. The van der Waals surface area contributed by atoms with Gasteiger partial charge in [-0.3, -0.25) is 0 Å². The summed E-state index contributed by atoms with van der Waals surface area (Å²) >= 11 is 0. The van der Waals surface area contributed by atoms with Crippen molar-refractivity contribution in [1.82, 2.24) is 5.32 Å². The van der Waals surface area contributed by atoms with Crippen molar-refractivity contribution in [3.05, 3.63) is 35.4 Å². The Hall–Kier alpha value is -1.07. The summed E-state index contributed by atoms with van der Waals surface area (Å²) in [7, 11) is 0. The maximum Gasteiger partial charge on any atom is 0.416 e. The molecule has 1 aliphatic rings. The van der Waals surface area contributed by atoms with E-state index in [1.807, 2.05) is 13.8 Å². The number of hydrogen-bond donors (Lipinski definition) is 1. The van der Waals surface area contributed by atoms with Gasteiger partial charge in [0, 0.05) is 12.6 Å². The summed E-state index contributed by atoms with van der Waals surface area (Å²) in [5.74, 6) is 0. The number of alkyl halides is 3. The number of halogens is 3. The predicted octanol–water partition coefficient (Wildman–Crippen LogP) is 3.14. The van der Waals surface area contributed by atoms with Crippen LogP contribution in [0.4, 0.5) is 13.2 Å². The first kappa shape index (κ1) is 13.4. The van der Waals surface area contributed by atoms with Crippen molar-refractivity contribution < 1.29 is 17.9 Å². The first-order valence-electron chi connectivity index (χ1n) is 5.94. The molecule has 0 aromatic heterocycles. The number of ether oxygens (including phenoxy) is 1. The monoisotopic (exact) mass is 259 g/mol. The van der Waals surface area contributed by atoms with Crippen LogP contribution >= 0.6 is 0 Å². The second-order valence-electron chi connectivity index (χ2n) is 4.65. The number of hydrogen-bond acceptors (Lipinski definition) is 2. The molecule has 100 valence electrons. The van der Waals surface area contributed by atoms with Crippen molar-refractivity contribution in [2.75, 3.05) is 6.54 Å². The van der Waals surface area contributed by atoms with Crippen molar-refractivity contribution in [1.29, 1.82) is 0 Å². The summed E-state index contributed by atoms with van der Waals surface area (Å²) in [6.45, 7) is 4.44. The first-order chi connectivity index (χ1) is 8.38. The van der Waals surface area contributed by atoms with Crippen LogP contribution in [0.15, 0.2) is 24.3 Å². The van der Waals surface area contributed by atoms with Gasteiger partial charge in [0.25, 0.3) is 0 Å². The van der Waals surface area contributed by atoms with E-state index >= 15 is 0 Å². The molecule has 3 unspecified atom stereocenters. The normalized spacial score (nSPS) is 29.3. The molecule has 1 aliphatic heterocycles. The molecule has 2 nitrogen and oxygen atoms in total. The van der Waals surface area contributed by atoms with E-state index in [0.717, 1.165) is 12.1 Å². The first-order valence-corrected chi connectivity index (χ1v) is 5.94. The van der Waals surface area contributed by atoms with Gasteiger partial charge >= 0.3 is 6.18 Å². The fraction of sp³-hybridized carbons (Fsp3) is 0.538. The molecule has 1 saturated heterocycles. The highest BCUT2D eigenvalue weighted by Gasteiger charge is 2.32. The van der Waals surface area contributed by atoms with Crippen molar-refractivity contribution in [3.8, 4) is 0 Å². The molecule has 0 radical (unpaired) electrons. The molecule has 1 fully saturated rings. The molecular weight excluding hydrogens is 243 g/mol. The van der Waals surface area contributed by atoms with E-state index in [9.17, 15) is 13.2 Å². The van der Waals surface area contributed by atoms with Crippen molar-refractivity contribution in [3.63, 3.8) is 0 Å². The largest absolute Gasteiger partial charge is 0.416 e. The van der Waals surface area contributed by atoms with Crippen LogP contribution in [-0.2, 0) is 10.9 Å². The van der Waals surface area contributed by atoms with Gasteiger partial charge in [0.05, 0.1) is 17.8 Å². The fourth-order valence-corrected chi connectivity index (χ4v) is 2.00. The maximum absolute atomic E-state index is 12.6. The Morgan fingerprint density at radius 1 is 1.28 bits per heavy atom. The van der Waals surface area contributed by atoms with Crippen molar-refractivity contribution in [2.45, 2.75) is 38.3 Å². The summed E-state index contributed by atoms with van der Waals surface area (Å²) in [5.41, 5.74) is -0.0639. The van der Waals surface area contributed by atoms with Gasteiger partial charge in [-0.2, -0.15) is 13.2 Å². The van der Waals surface area contributed by atoms with Crippen LogP contribution in [-0.4, -0.2) is 18.7 Å². The molecule has 0 bridgehead atoms. The Morgan fingerprint density at radius 2 is 2.00 bits per heavy atom. The average molecular weight is 259 g/mol. The standard InChI is InChI=1S/C13H16F3NO/c1-8-9(2)18-12(7-17-8)10-4-3-5-11(6-10)13(14,15)16/h3-6,8-9,12,17H,7H2,1-2H3. The Kier molecular flexibility index (Phi) is 3.64. The molecule has 1 heterocycles. The summed E-state index contributed by atoms with van der Waals surface area (Å²) in [4.78, 5) is 0. The Bertz CT molecular complexity index is 419. The number of morpholine rings is 1. The molecule has 18 heavy (non-hydrogen) atoms. The summed E-state index contributed by atoms with van der Waals surface area (Å²) in [6, 6.07) is 5.54. The molecule has 0 spiro atoms. The van der Waals surface area contributed by atoms with Gasteiger partial charge in [0.1, 0.15) is 0 Å². The van der Waals surface area contributed by atoms with Crippen LogP contribution in [0, 0.1) is 0 Å². The lowest BCUT2D eigenvalue weighted by Crippen LogP contribution is -2.46. The van der Waals surface area contributed by atoms with Crippen LogP contribution < -0.4 is 5.32 Å². The van der Waals surface area contributed by atoms with Gasteiger partial charge in [0.2, 0.25) is 0 Å². The third kappa shape index (κ3) is 2.84. The third-order valence-corrected chi connectivity index (χ3v) is 3.29. The maximum atomic E-state index is 12.6. The highest BCUT2D eigenvalue weighted by molar-refractivity contribution is 5.27. The summed E-state index contributed by atoms with van der Waals surface area (Å²) in [5, 5.41) is 3.23. The Balaban J connectivity index is 2.19. The molecule has 1 aromatic carbocycles. The van der Waals surface area contributed by atoms with E-state index < -0.39 is 11.7 Å². The number of rotatable bonds is 1. The van der Waals surface area contributed by atoms with E-state index in [1.165, 1.54) is 6.07 Å². The molecule has 0 saturated carbocycles. The second-order valence-corrected chi connectivity index (χ2v) is 4.65. The average Bonchev–Trinajstić information content (AvgIpc) is 2.32. The third-order valence-electron chi connectivity index (χ3n) is 3.29. The highest BCUT2D eigenvalue weighted by atomic mass is 19.4. The minimum absolute atomic E-state index is 0.0155. The fourth-order valence-electron chi connectivity index (χ4n) is 2.00. The minimum Gasteiger partial charge on any atom is -0.368 e. The van der Waals surface area contributed by atoms with Gasteiger partial charge < -0.3 is 10.1 Å². The zero-order chi connectivity index (χ0) is 13.3. The van der Waals surface area contributed by atoms with Gasteiger partial charge in [-0.15, -0.1) is 0 Å². The van der Waals surface area contributed by atoms with Crippen LogP contribution in [0.1, 0.15) is 31.1 Å². The Labute approximate surface area is 104 Å². The smallest absolute Gasteiger partial charge is 0.368 e. The highest BCUT2D eigenvalue weighted by Crippen LogP contribution is 2.32. The van der Waals surface area contributed by atoms with Crippen molar-refractivity contribution >= 4 is 0 Å². The topological polar surface area (TPSA) is 21.3 Å². The molecule has 2 rings (SSSR count). The van der Waals surface area contributed by atoms with E-state index in [-0.39, 0.29) is 18.2 Å². The van der Waals surface area contributed by atoms with E-state index in [4.69, 9.17) is 4.74 Å². The van der Waals surface area contributed by atoms with Crippen molar-refractivity contribution in [2.24, 2.45) is 0 Å². The molecule has 1 aromatic rings. The van der Waals surface area contributed by atoms with E-state index in [1.54, 1.807) is 6.07 Å². The lowest BCUT2D eigenvalue weighted by Gasteiger charge is -2.34. The van der Waals surface area contributed by atoms with Crippen LogP contribution in [0.5, 0.6) is 0 Å². The van der Waals surface area contributed by atoms with Gasteiger partial charge in [-0.05, 0) is 31.5 Å². The lowest BCUT2D eigenvalue weighted by molar-refractivity contribution is -0.137. The molecule has 0 amide bonds. The van der Waals surface area contributed by atoms with E-state index in [0.29, 0.717) is 12.1 Å². The molecule has 0 aliphatic carbocycles. The second kappa shape index (κ2) is 4.90. The SMILES string of the molecule is CC1NCC(c2cccc(C(F)(F)F)c2)OC1C. The van der Waals surface area contributed by atoms with Gasteiger partial charge in [-0.1, -0.05) is 12.1 Å². The molecule has 1 N–H and O–H groups in total. The Morgan fingerprint density at radius 3 is 2.61 bits per heavy atom. The minimum atomic E-state index is -4.31.